The van der Waals surface area contributed by atoms with Gasteiger partial charge in [-0.1, -0.05) is 20.8 Å². The first-order valence-corrected chi connectivity index (χ1v) is 5.18. The Morgan fingerprint density at radius 3 is 2.35 bits per heavy atom. The van der Waals surface area contributed by atoms with E-state index in [2.05, 4.69) is 5.10 Å². The van der Waals surface area contributed by atoms with Gasteiger partial charge in [0.05, 0.1) is 5.69 Å². The highest BCUT2D eigenvalue weighted by Crippen LogP contribution is 2.33. The lowest BCUT2D eigenvalue weighted by atomic mass is 9.92. The predicted molar refractivity (Wildman–Crippen MR) is 58.1 cm³/mol. The fourth-order valence-corrected chi connectivity index (χ4v) is 1.46. The molecule has 0 fully saturated rings. The van der Waals surface area contributed by atoms with E-state index in [9.17, 15) is 13.6 Å². The van der Waals surface area contributed by atoms with Gasteiger partial charge in [0.1, 0.15) is 12.1 Å². The van der Waals surface area contributed by atoms with Crippen molar-refractivity contribution in [2.45, 2.75) is 38.5 Å². The van der Waals surface area contributed by atoms with Gasteiger partial charge >= 0.3 is 5.97 Å². The van der Waals surface area contributed by atoms with Crippen molar-refractivity contribution in [2.75, 3.05) is 0 Å². The maximum atomic E-state index is 13.6. The van der Waals surface area contributed by atoms with Crippen LogP contribution in [0.2, 0.25) is 0 Å². The van der Waals surface area contributed by atoms with Gasteiger partial charge in [-0.3, -0.25) is 9.48 Å². The molecule has 0 aromatic carbocycles. The lowest BCUT2D eigenvalue weighted by molar-refractivity contribution is -0.146. The molecule has 0 atom stereocenters. The summed E-state index contributed by atoms with van der Waals surface area (Å²) in [5.74, 6) is -4.94. The molecule has 96 valence electrons. The molecule has 0 saturated heterocycles. The molecule has 0 saturated carbocycles. The second kappa shape index (κ2) is 4.09. The predicted octanol–water partition coefficient (Wildman–Crippen LogP) is 2.28. The Morgan fingerprint density at radius 1 is 1.47 bits per heavy atom. The highest BCUT2D eigenvalue weighted by atomic mass is 19.3. The number of carboxylic acid groups (broad SMARTS) is 1. The summed E-state index contributed by atoms with van der Waals surface area (Å²) in [7, 11) is 1.39. The molecule has 0 bridgehead atoms. The highest BCUT2D eigenvalue weighted by molar-refractivity contribution is 5.68. The van der Waals surface area contributed by atoms with Crippen molar-refractivity contribution in [3.05, 3.63) is 17.5 Å². The van der Waals surface area contributed by atoms with Gasteiger partial charge in [0.25, 0.3) is 5.92 Å². The Balaban J connectivity index is 3.15. The van der Waals surface area contributed by atoms with Crippen LogP contribution in [-0.4, -0.2) is 20.9 Å². The van der Waals surface area contributed by atoms with E-state index in [1.807, 2.05) is 20.8 Å². The summed E-state index contributed by atoms with van der Waals surface area (Å²) in [5.41, 5.74) is -0.208. The van der Waals surface area contributed by atoms with Crippen LogP contribution in [0.1, 0.15) is 38.6 Å². The number of hydrogen-bond acceptors (Lipinski definition) is 2. The summed E-state index contributed by atoms with van der Waals surface area (Å²) < 4.78 is 28.3. The molecule has 0 unspecified atom stereocenters. The van der Waals surface area contributed by atoms with Crippen molar-refractivity contribution in [1.29, 1.82) is 0 Å². The molecule has 0 amide bonds. The minimum Gasteiger partial charge on any atom is -0.481 e. The molecule has 1 heterocycles. The SMILES string of the molecule is Cn1nc(C(C)(C)C)cc1C(F)(F)CC(=O)O. The highest BCUT2D eigenvalue weighted by Gasteiger charge is 2.38. The van der Waals surface area contributed by atoms with Crippen LogP contribution in [0, 0.1) is 0 Å². The molecule has 0 aliphatic rings. The number of aliphatic carboxylic acids is 1. The van der Waals surface area contributed by atoms with Crippen LogP contribution in [0.5, 0.6) is 0 Å². The van der Waals surface area contributed by atoms with Crippen LogP contribution < -0.4 is 0 Å². The quantitative estimate of drug-likeness (QED) is 0.890. The third kappa shape index (κ3) is 3.01. The zero-order valence-electron chi connectivity index (χ0n) is 10.3. The lowest BCUT2D eigenvalue weighted by Crippen LogP contribution is -2.21. The van der Waals surface area contributed by atoms with Crippen molar-refractivity contribution >= 4 is 5.97 Å². The Bertz CT molecular complexity index is 433. The van der Waals surface area contributed by atoms with E-state index in [-0.39, 0.29) is 11.1 Å². The zero-order chi connectivity index (χ0) is 13.4. The van der Waals surface area contributed by atoms with Crippen LogP contribution in [-0.2, 0) is 23.2 Å². The summed E-state index contributed by atoms with van der Waals surface area (Å²) in [6.07, 6.45) is -1.23. The molecule has 4 nitrogen and oxygen atoms in total. The number of aryl methyl sites for hydroxylation is 1. The van der Waals surface area contributed by atoms with E-state index in [0.29, 0.717) is 5.69 Å². The standard InChI is InChI=1S/C11H16F2N2O2/c1-10(2,3)7-5-8(15(4)14-7)11(12,13)6-9(16)17/h5H,6H2,1-4H3,(H,16,17). The van der Waals surface area contributed by atoms with Gasteiger partial charge in [0.15, 0.2) is 0 Å². The van der Waals surface area contributed by atoms with Crippen molar-refractivity contribution in [3.63, 3.8) is 0 Å². The van der Waals surface area contributed by atoms with Crippen molar-refractivity contribution < 1.29 is 18.7 Å². The van der Waals surface area contributed by atoms with E-state index in [1.165, 1.54) is 13.1 Å². The van der Waals surface area contributed by atoms with Crippen LogP contribution in [0.25, 0.3) is 0 Å². The molecular weight excluding hydrogens is 230 g/mol. The van der Waals surface area contributed by atoms with Crippen molar-refractivity contribution in [3.8, 4) is 0 Å². The van der Waals surface area contributed by atoms with Gasteiger partial charge < -0.3 is 5.11 Å². The van der Waals surface area contributed by atoms with Gasteiger partial charge in [-0.05, 0) is 6.07 Å². The number of carbonyl (C=O) groups is 1. The number of hydrogen-bond donors (Lipinski definition) is 1. The molecule has 0 radical (unpaired) electrons. The molecule has 1 aromatic rings. The second-order valence-corrected chi connectivity index (χ2v) is 5.06. The van der Waals surface area contributed by atoms with Crippen LogP contribution >= 0.6 is 0 Å². The largest absolute Gasteiger partial charge is 0.481 e. The summed E-state index contributed by atoms with van der Waals surface area (Å²) in [5, 5.41) is 12.5. The Labute approximate surface area is 98.2 Å². The summed E-state index contributed by atoms with van der Waals surface area (Å²) in [4.78, 5) is 10.4. The fourth-order valence-electron chi connectivity index (χ4n) is 1.46. The smallest absolute Gasteiger partial charge is 0.309 e. The summed E-state index contributed by atoms with van der Waals surface area (Å²) in [6, 6.07) is 1.27. The van der Waals surface area contributed by atoms with Crippen LogP contribution in [0.3, 0.4) is 0 Å². The molecule has 6 heteroatoms. The van der Waals surface area contributed by atoms with Gasteiger partial charge in [-0.15, -0.1) is 0 Å². The Kier molecular flexibility index (Phi) is 3.27. The van der Waals surface area contributed by atoms with Crippen molar-refractivity contribution in [2.24, 2.45) is 7.05 Å². The Morgan fingerprint density at radius 2 is 2.00 bits per heavy atom. The third-order valence-electron chi connectivity index (χ3n) is 2.40. The minimum absolute atomic E-state index is 0.352. The summed E-state index contributed by atoms with van der Waals surface area (Å²) in [6.45, 7) is 5.57. The number of carboxylic acids is 1. The van der Waals surface area contributed by atoms with E-state index in [0.717, 1.165) is 4.68 Å². The first kappa shape index (κ1) is 13.6. The average Bonchev–Trinajstić information content (AvgIpc) is 2.44. The topological polar surface area (TPSA) is 55.1 Å². The molecule has 0 spiro atoms. The maximum absolute atomic E-state index is 13.6. The molecule has 0 aliphatic heterocycles. The second-order valence-electron chi connectivity index (χ2n) is 5.06. The maximum Gasteiger partial charge on any atom is 0.309 e. The number of halogens is 2. The van der Waals surface area contributed by atoms with E-state index in [1.54, 1.807) is 0 Å². The van der Waals surface area contributed by atoms with E-state index < -0.39 is 18.3 Å². The van der Waals surface area contributed by atoms with Crippen LogP contribution in [0.15, 0.2) is 6.07 Å². The number of nitrogens with zero attached hydrogens (tertiary/aromatic N) is 2. The van der Waals surface area contributed by atoms with E-state index >= 15 is 0 Å². The lowest BCUT2D eigenvalue weighted by Gasteiger charge is -2.14. The molecule has 1 aromatic heterocycles. The van der Waals surface area contributed by atoms with Gasteiger partial charge in [-0.25, -0.2) is 0 Å². The molecule has 1 N–H and O–H groups in total. The number of alkyl halides is 2. The minimum atomic E-state index is -3.41. The summed E-state index contributed by atoms with van der Waals surface area (Å²) >= 11 is 0. The molecule has 0 aliphatic carbocycles. The Hall–Kier alpha value is -1.46. The van der Waals surface area contributed by atoms with Gasteiger partial charge in [-0.2, -0.15) is 13.9 Å². The van der Waals surface area contributed by atoms with Gasteiger partial charge in [0.2, 0.25) is 0 Å². The zero-order valence-corrected chi connectivity index (χ0v) is 10.3. The van der Waals surface area contributed by atoms with E-state index in [4.69, 9.17) is 5.11 Å². The molecule has 17 heavy (non-hydrogen) atoms. The normalized spacial score (nSPS) is 12.8. The first-order valence-electron chi connectivity index (χ1n) is 5.18. The third-order valence-corrected chi connectivity index (χ3v) is 2.40. The molecular formula is C11H16F2N2O2. The average molecular weight is 246 g/mol. The van der Waals surface area contributed by atoms with Crippen LogP contribution in [0.4, 0.5) is 8.78 Å². The number of aromatic nitrogens is 2. The number of rotatable bonds is 3. The molecule has 1 rings (SSSR count). The van der Waals surface area contributed by atoms with Gasteiger partial charge in [0, 0.05) is 12.5 Å². The monoisotopic (exact) mass is 246 g/mol. The first-order chi connectivity index (χ1) is 7.54. The fraction of sp³-hybridized carbons (Fsp3) is 0.636. The van der Waals surface area contributed by atoms with Crippen molar-refractivity contribution in [1.82, 2.24) is 9.78 Å².